The van der Waals surface area contributed by atoms with Gasteiger partial charge in [-0.2, -0.15) is 5.26 Å². The maximum atomic E-state index is 8.74. The Kier molecular flexibility index (Phi) is 6.42. The zero-order valence-electron chi connectivity index (χ0n) is 8.94. The predicted molar refractivity (Wildman–Crippen MR) is 54.7 cm³/mol. The van der Waals surface area contributed by atoms with Crippen molar-refractivity contribution >= 4 is 0 Å². The Labute approximate surface area is 84.8 Å². The molecule has 0 amide bonds. The lowest BCUT2D eigenvalue weighted by Crippen LogP contribution is -2.06. The molecule has 4 nitrogen and oxygen atoms in total. The Morgan fingerprint density at radius 2 is 2.21 bits per heavy atom. The number of aromatic nitrogens is 2. The summed E-state index contributed by atoms with van der Waals surface area (Å²) in [5, 5.41) is 17.2. The lowest BCUT2D eigenvalue weighted by Gasteiger charge is -2.07. The molecule has 1 aromatic rings. The predicted octanol–water partition coefficient (Wildman–Crippen LogP) is 1.72. The molecule has 14 heavy (non-hydrogen) atoms. The van der Waals surface area contributed by atoms with E-state index in [9.17, 15) is 0 Å². The quantitative estimate of drug-likeness (QED) is 0.781. The number of hydrogen-bond acceptors (Lipinski definition) is 3. The van der Waals surface area contributed by atoms with Gasteiger partial charge >= 0.3 is 0 Å². The summed E-state index contributed by atoms with van der Waals surface area (Å²) in [4.78, 5) is 3.79. The highest BCUT2D eigenvalue weighted by Crippen LogP contribution is 2.04. The molecule has 0 bridgehead atoms. The first-order valence-electron chi connectivity index (χ1n) is 4.73. The van der Waals surface area contributed by atoms with Gasteiger partial charge in [-0.25, -0.2) is 4.98 Å². The molecule has 4 heteroatoms. The van der Waals surface area contributed by atoms with E-state index in [2.05, 4.69) is 18.8 Å². The van der Waals surface area contributed by atoms with Gasteiger partial charge in [-0.15, -0.1) is 0 Å². The minimum Gasteiger partial charge on any atom is -0.394 e. The van der Waals surface area contributed by atoms with Crippen LogP contribution in [0.1, 0.15) is 38.9 Å². The van der Waals surface area contributed by atoms with Crippen molar-refractivity contribution in [2.45, 2.75) is 33.2 Å². The van der Waals surface area contributed by atoms with Crippen molar-refractivity contribution in [3.8, 4) is 6.07 Å². The van der Waals surface area contributed by atoms with Crippen LogP contribution in [-0.4, -0.2) is 21.3 Å². The highest BCUT2D eigenvalue weighted by atomic mass is 16.3. The SMILES string of the molecule is CCC.C[C@H](CO)n1cnc(C#N)c1. The minimum absolute atomic E-state index is 0.00963. The van der Waals surface area contributed by atoms with Gasteiger partial charge in [0.05, 0.1) is 19.0 Å². The lowest BCUT2D eigenvalue weighted by molar-refractivity contribution is 0.238. The number of nitriles is 1. The molecule has 0 saturated carbocycles. The molecule has 0 saturated heterocycles. The molecular weight excluding hydrogens is 178 g/mol. The summed E-state index contributed by atoms with van der Waals surface area (Å²) in [6.45, 7) is 6.16. The monoisotopic (exact) mass is 195 g/mol. The van der Waals surface area contributed by atoms with Crippen molar-refractivity contribution in [3.05, 3.63) is 18.2 Å². The molecule has 78 valence electrons. The van der Waals surface area contributed by atoms with E-state index in [-0.39, 0.29) is 12.6 Å². The molecule has 0 radical (unpaired) electrons. The third-order valence-electron chi connectivity index (χ3n) is 1.49. The fraction of sp³-hybridized carbons (Fsp3) is 0.600. The van der Waals surface area contributed by atoms with Crippen molar-refractivity contribution in [3.63, 3.8) is 0 Å². The largest absolute Gasteiger partial charge is 0.394 e. The van der Waals surface area contributed by atoms with Crippen molar-refractivity contribution in [1.82, 2.24) is 9.55 Å². The average Bonchev–Trinajstić information content (AvgIpc) is 2.66. The Morgan fingerprint density at radius 1 is 1.64 bits per heavy atom. The van der Waals surface area contributed by atoms with Gasteiger partial charge in [-0.1, -0.05) is 20.3 Å². The molecule has 0 spiro atoms. The van der Waals surface area contributed by atoms with Crippen LogP contribution in [-0.2, 0) is 0 Å². The zero-order valence-corrected chi connectivity index (χ0v) is 8.94. The van der Waals surface area contributed by atoms with Gasteiger partial charge in [0.15, 0.2) is 5.69 Å². The van der Waals surface area contributed by atoms with Crippen molar-refractivity contribution in [2.24, 2.45) is 0 Å². The number of imidazole rings is 1. The van der Waals surface area contributed by atoms with E-state index in [4.69, 9.17) is 10.4 Å². The highest BCUT2D eigenvalue weighted by molar-refractivity contribution is 5.15. The standard InChI is InChI=1S/C7H9N3O.C3H8/c1-6(4-11)10-3-7(2-8)9-5-10;1-3-2/h3,5-6,11H,4H2,1H3;3H2,1-2H3/t6-;/m1./s1. The van der Waals surface area contributed by atoms with Crippen LogP contribution < -0.4 is 0 Å². The Balaban J connectivity index is 0.000000500. The topological polar surface area (TPSA) is 61.8 Å². The van der Waals surface area contributed by atoms with E-state index in [0.717, 1.165) is 0 Å². The summed E-state index contributed by atoms with van der Waals surface area (Å²) >= 11 is 0. The molecule has 1 heterocycles. The van der Waals surface area contributed by atoms with Crippen LogP contribution in [0.25, 0.3) is 0 Å². The van der Waals surface area contributed by atoms with Gasteiger partial charge < -0.3 is 9.67 Å². The van der Waals surface area contributed by atoms with Crippen molar-refractivity contribution < 1.29 is 5.11 Å². The van der Waals surface area contributed by atoms with Crippen LogP contribution in [0, 0.1) is 11.3 Å². The van der Waals surface area contributed by atoms with Gasteiger partial charge in [0.1, 0.15) is 6.07 Å². The summed E-state index contributed by atoms with van der Waals surface area (Å²) in [5.41, 5.74) is 0.380. The molecule has 0 aliphatic heterocycles. The summed E-state index contributed by atoms with van der Waals surface area (Å²) in [7, 11) is 0. The number of nitrogens with zero attached hydrogens (tertiary/aromatic N) is 3. The molecule has 1 rings (SSSR count). The van der Waals surface area contributed by atoms with Gasteiger partial charge in [0, 0.05) is 6.20 Å². The van der Waals surface area contributed by atoms with Gasteiger partial charge in [-0.3, -0.25) is 0 Å². The lowest BCUT2D eigenvalue weighted by atomic mass is 10.4. The van der Waals surface area contributed by atoms with E-state index in [1.54, 1.807) is 17.1 Å². The molecule has 0 aliphatic carbocycles. The molecular formula is C10H17N3O. The van der Waals surface area contributed by atoms with E-state index in [1.807, 2.05) is 13.0 Å². The van der Waals surface area contributed by atoms with E-state index < -0.39 is 0 Å². The second kappa shape index (κ2) is 7.10. The first kappa shape index (κ1) is 12.7. The third kappa shape index (κ3) is 4.06. The highest BCUT2D eigenvalue weighted by Gasteiger charge is 2.02. The van der Waals surface area contributed by atoms with Gasteiger partial charge in [-0.05, 0) is 6.92 Å². The number of aliphatic hydroxyl groups excluding tert-OH is 1. The van der Waals surface area contributed by atoms with Crippen molar-refractivity contribution in [2.75, 3.05) is 6.61 Å². The van der Waals surface area contributed by atoms with Crippen LogP contribution in [0.4, 0.5) is 0 Å². The number of aliphatic hydroxyl groups is 1. The second-order valence-corrected chi connectivity index (χ2v) is 3.06. The Morgan fingerprint density at radius 3 is 2.57 bits per heavy atom. The summed E-state index contributed by atoms with van der Waals surface area (Å²) in [6, 6.07) is 1.90. The normalized spacial score (nSPS) is 11.1. The van der Waals surface area contributed by atoms with Gasteiger partial charge in [0.25, 0.3) is 0 Å². The van der Waals surface area contributed by atoms with E-state index >= 15 is 0 Å². The minimum atomic E-state index is -0.00963. The molecule has 0 aliphatic rings. The summed E-state index contributed by atoms with van der Waals surface area (Å²) < 4.78 is 1.71. The molecule has 0 unspecified atom stereocenters. The van der Waals surface area contributed by atoms with E-state index in [0.29, 0.717) is 5.69 Å². The summed E-state index contributed by atoms with van der Waals surface area (Å²) in [6.07, 6.45) is 4.40. The van der Waals surface area contributed by atoms with Gasteiger partial charge in [0.2, 0.25) is 0 Å². The molecule has 0 aromatic carbocycles. The maximum Gasteiger partial charge on any atom is 0.158 e. The van der Waals surface area contributed by atoms with E-state index in [1.165, 1.54) is 6.42 Å². The fourth-order valence-corrected chi connectivity index (χ4v) is 0.730. The first-order chi connectivity index (χ1) is 6.69. The zero-order chi connectivity index (χ0) is 11.0. The van der Waals surface area contributed by atoms with Crippen molar-refractivity contribution in [1.29, 1.82) is 5.26 Å². The van der Waals surface area contributed by atoms with Crippen LogP contribution in [0.3, 0.4) is 0 Å². The third-order valence-corrected chi connectivity index (χ3v) is 1.49. The Bertz CT molecular complexity index is 288. The molecule has 1 atom stereocenters. The second-order valence-electron chi connectivity index (χ2n) is 3.06. The van der Waals surface area contributed by atoms with Crippen LogP contribution in [0.5, 0.6) is 0 Å². The number of rotatable bonds is 2. The number of hydrogen-bond donors (Lipinski definition) is 1. The van der Waals surface area contributed by atoms with Crippen LogP contribution >= 0.6 is 0 Å². The van der Waals surface area contributed by atoms with Crippen LogP contribution in [0.15, 0.2) is 12.5 Å². The smallest absolute Gasteiger partial charge is 0.158 e. The fourth-order valence-electron chi connectivity index (χ4n) is 0.730. The van der Waals surface area contributed by atoms with Crippen LogP contribution in [0.2, 0.25) is 0 Å². The molecule has 1 N–H and O–H groups in total. The molecule has 0 fully saturated rings. The average molecular weight is 195 g/mol. The Hall–Kier alpha value is -1.34. The summed E-state index contributed by atoms with van der Waals surface area (Å²) in [5.74, 6) is 0. The maximum absolute atomic E-state index is 8.74. The molecule has 1 aromatic heterocycles. The first-order valence-corrected chi connectivity index (χ1v) is 4.73.